The van der Waals surface area contributed by atoms with Gasteiger partial charge in [-0.05, 0) is 54.6 Å². The zero-order chi connectivity index (χ0) is 24.6. The van der Waals surface area contributed by atoms with Crippen molar-refractivity contribution in [1.29, 1.82) is 0 Å². The fraction of sp³-hybridized carbons (Fsp3) is 0.346. The lowest BCUT2D eigenvalue weighted by molar-refractivity contribution is -0.123. The highest BCUT2D eigenvalue weighted by molar-refractivity contribution is 6.42. The molecule has 1 atom stereocenters. The minimum Gasteiger partial charge on any atom is -0.497 e. The maximum absolute atomic E-state index is 12.3. The number of carbonyl (C=O) groups excluding carboxylic acids is 1. The number of carbonyl (C=O) groups is 1. The highest BCUT2D eigenvalue weighted by Crippen LogP contribution is 2.28. The van der Waals surface area contributed by atoms with E-state index in [0.717, 1.165) is 54.9 Å². The monoisotopic (exact) mass is 514 g/mol. The van der Waals surface area contributed by atoms with Gasteiger partial charge in [-0.1, -0.05) is 47.5 Å². The first-order chi connectivity index (χ1) is 17.0. The molecule has 1 unspecified atom stereocenters. The number of nitrogens with one attached hydrogen (secondary N) is 1. The minimum atomic E-state index is -0.194. The van der Waals surface area contributed by atoms with E-state index in [9.17, 15) is 4.79 Å². The van der Waals surface area contributed by atoms with Gasteiger partial charge in [-0.3, -0.25) is 9.69 Å². The molecule has 1 N–H and O–H groups in total. The van der Waals surface area contributed by atoms with Crippen LogP contribution < -0.4 is 14.8 Å². The Morgan fingerprint density at radius 2 is 1.94 bits per heavy atom. The standard InChI is InChI=1S/C26H28Cl2N4O3/c1-34-22-8-2-6-19(11-22)21-13-30-26(31-14-21)35-17-24(33)29-12-18-5-4-10-32(15-18)16-20-7-3-9-23(27)25(20)28/h2-3,6-9,11,13-14,18H,4-5,10,12,15-17H2,1H3,(H,29,33). The Labute approximate surface area is 215 Å². The van der Waals surface area contributed by atoms with Crippen LogP contribution in [0.3, 0.4) is 0 Å². The molecule has 35 heavy (non-hydrogen) atoms. The molecule has 1 aromatic heterocycles. The Balaban J connectivity index is 1.21. The van der Waals surface area contributed by atoms with E-state index in [-0.39, 0.29) is 18.5 Å². The molecule has 1 aliphatic rings. The maximum atomic E-state index is 12.3. The van der Waals surface area contributed by atoms with Crippen molar-refractivity contribution in [2.75, 3.05) is 33.4 Å². The van der Waals surface area contributed by atoms with E-state index in [1.807, 2.05) is 36.4 Å². The lowest BCUT2D eigenvalue weighted by Gasteiger charge is -2.33. The number of likely N-dealkylation sites (tertiary alicyclic amines) is 1. The number of hydrogen-bond acceptors (Lipinski definition) is 6. The van der Waals surface area contributed by atoms with Crippen molar-refractivity contribution in [2.45, 2.75) is 19.4 Å². The van der Waals surface area contributed by atoms with Crippen molar-refractivity contribution in [3.05, 3.63) is 70.5 Å². The largest absolute Gasteiger partial charge is 0.497 e. The quantitative estimate of drug-likeness (QED) is 0.439. The number of piperidine rings is 1. The fourth-order valence-electron chi connectivity index (χ4n) is 4.15. The molecule has 7 nitrogen and oxygen atoms in total. The van der Waals surface area contributed by atoms with Crippen molar-refractivity contribution in [3.63, 3.8) is 0 Å². The molecule has 2 aromatic carbocycles. The summed E-state index contributed by atoms with van der Waals surface area (Å²) in [7, 11) is 1.62. The molecule has 2 heterocycles. The number of methoxy groups -OCH3 is 1. The van der Waals surface area contributed by atoms with Crippen molar-refractivity contribution in [2.24, 2.45) is 5.92 Å². The van der Waals surface area contributed by atoms with Gasteiger partial charge in [0.15, 0.2) is 6.61 Å². The second-order valence-corrected chi connectivity index (χ2v) is 9.32. The van der Waals surface area contributed by atoms with Gasteiger partial charge in [0.25, 0.3) is 5.91 Å². The highest BCUT2D eigenvalue weighted by atomic mass is 35.5. The van der Waals surface area contributed by atoms with Crippen LogP contribution in [0.5, 0.6) is 11.8 Å². The van der Waals surface area contributed by atoms with Gasteiger partial charge in [-0.15, -0.1) is 0 Å². The number of aromatic nitrogens is 2. The van der Waals surface area contributed by atoms with Crippen molar-refractivity contribution >= 4 is 29.1 Å². The number of amides is 1. The van der Waals surface area contributed by atoms with E-state index in [4.69, 9.17) is 32.7 Å². The third kappa shape index (κ3) is 7.07. The fourth-order valence-corrected chi connectivity index (χ4v) is 4.53. The molecule has 1 fully saturated rings. The average Bonchev–Trinajstić information content (AvgIpc) is 2.89. The molecule has 0 aliphatic carbocycles. The highest BCUT2D eigenvalue weighted by Gasteiger charge is 2.21. The van der Waals surface area contributed by atoms with Crippen LogP contribution in [-0.2, 0) is 11.3 Å². The lowest BCUT2D eigenvalue weighted by Crippen LogP contribution is -2.41. The van der Waals surface area contributed by atoms with Crippen molar-refractivity contribution in [1.82, 2.24) is 20.2 Å². The van der Waals surface area contributed by atoms with Gasteiger partial charge in [0.1, 0.15) is 5.75 Å². The summed E-state index contributed by atoms with van der Waals surface area (Å²) in [6.07, 6.45) is 5.47. The van der Waals surface area contributed by atoms with Gasteiger partial charge in [0.2, 0.25) is 0 Å². The average molecular weight is 515 g/mol. The van der Waals surface area contributed by atoms with Crippen LogP contribution >= 0.6 is 23.2 Å². The molecule has 1 aliphatic heterocycles. The van der Waals surface area contributed by atoms with Crippen LogP contribution in [0.2, 0.25) is 10.0 Å². The molecule has 1 amide bonds. The van der Waals surface area contributed by atoms with Crippen molar-refractivity contribution in [3.8, 4) is 22.9 Å². The van der Waals surface area contributed by atoms with Crippen LogP contribution in [-0.4, -0.2) is 54.1 Å². The van der Waals surface area contributed by atoms with Crippen LogP contribution in [0.1, 0.15) is 18.4 Å². The summed E-state index contributed by atoms with van der Waals surface area (Å²) in [6.45, 7) is 3.10. The molecule has 0 saturated carbocycles. The van der Waals surface area contributed by atoms with Gasteiger partial charge < -0.3 is 14.8 Å². The van der Waals surface area contributed by atoms with Gasteiger partial charge in [-0.2, -0.15) is 0 Å². The summed E-state index contributed by atoms with van der Waals surface area (Å²) in [4.78, 5) is 23.1. The number of hydrogen-bond donors (Lipinski definition) is 1. The molecule has 0 spiro atoms. The van der Waals surface area contributed by atoms with E-state index >= 15 is 0 Å². The van der Waals surface area contributed by atoms with E-state index < -0.39 is 0 Å². The summed E-state index contributed by atoms with van der Waals surface area (Å²) >= 11 is 12.5. The van der Waals surface area contributed by atoms with Gasteiger partial charge >= 0.3 is 6.01 Å². The third-order valence-electron chi connectivity index (χ3n) is 5.98. The maximum Gasteiger partial charge on any atom is 0.316 e. The smallest absolute Gasteiger partial charge is 0.316 e. The first-order valence-corrected chi connectivity index (χ1v) is 12.3. The summed E-state index contributed by atoms with van der Waals surface area (Å²) in [5.74, 6) is 0.929. The second kappa shape index (κ2) is 12.2. The Kier molecular flexibility index (Phi) is 8.79. The first-order valence-electron chi connectivity index (χ1n) is 11.5. The Hall–Kier alpha value is -2.87. The number of nitrogens with zero attached hydrogens (tertiary/aromatic N) is 3. The molecule has 3 aromatic rings. The number of rotatable bonds is 9. The Morgan fingerprint density at radius 3 is 2.74 bits per heavy atom. The van der Waals surface area contributed by atoms with Gasteiger partial charge in [0, 0.05) is 37.6 Å². The minimum absolute atomic E-state index is 0.132. The SMILES string of the molecule is COc1cccc(-c2cnc(OCC(=O)NCC3CCCN(Cc4cccc(Cl)c4Cl)C3)nc2)c1. The number of benzene rings is 2. The third-order valence-corrected chi connectivity index (χ3v) is 6.84. The zero-order valence-corrected chi connectivity index (χ0v) is 21.1. The zero-order valence-electron chi connectivity index (χ0n) is 19.5. The summed E-state index contributed by atoms with van der Waals surface area (Å²) < 4.78 is 10.7. The second-order valence-electron chi connectivity index (χ2n) is 8.54. The molecule has 4 rings (SSSR count). The predicted molar refractivity (Wildman–Crippen MR) is 137 cm³/mol. The Bertz CT molecular complexity index is 1140. The van der Waals surface area contributed by atoms with Crippen LogP contribution in [0.15, 0.2) is 54.9 Å². The normalized spacial score (nSPS) is 16.0. The van der Waals surface area contributed by atoms with Crippen molar-refractivity contribution < 1.29 is 14.3 Å². The number of ether oxygens (including phenoxy) is 2. The topological polar surface area (TPSA) is 76.6 Å². The molecular formula is C26H28Cl2N4O3. The molecule has 0 bridgehead atoms. The Morgan fingerprint density at radius 1 is 1.14 bits per heavy atom. The summed E-state index contributed by atoms with van der Waals surface area (Å²) in [6, 6.07) is 13.5. The molecule has 9 heteroatoms. The van der Waals surface area contributed by atoms with Crippen LogP contribution in [0, 0.1) is 5.92 Å². The molecule has 184 valence electrons. The van der Waals surface area contributed by atoms with E-state index in [1.165, 1.54) is 0 Å². The van der Waals surface area contributed by atoms with Crippen LogP contribution in [0.25, 0.3) is 11.1 Å². The van der Waals surface area contributed by atoms with E-state index in [1.54, 1.807) is 25.6 Å². The van der Waals surface area contributed by atoms with Gasteiger partial charge in [0.05, 0.1) is 17.2 Å². The number of halogens is 2. The molecule has 1 saturated heterocycles. The van der Waals surface area contributed by atoms with E-state index in [2.05, 4.69) is 20.2 Å². The molecular weight excluding hydrogens is 487 g/mol. The lowest BCUT2D eigenvalue weighted by atomic mass is 9.97. The van der Waals surface area contributed by atoms with E-state index in [0.29, 0.717) is 22.5 Å². The first kappa shape index (κ1) is 25.2. The predicted octanol–water partition coefficient (Wildman–Crippen LogP) is 4.87. The van der Waals surface area contributed by atoms with Gasteiger partial charge in [-0.25, -0.2) is 9.97 Å². The molecule has 0 radical (unpaired) electrons. The van der Waals surface area contributed by atoms with Crippen LogP contribution in [0.4, 0.5) is 0 Å². The summed E-state index contributed by atoms with van der Waals surface area (Å²) in [5.41, 5.74) is 2.80. The summed E-state index contributed by atoms with van der Waals surface area (Å²) in [5, 5.41) is 4.15.